The number of ether oxygens (including phenoxy) is 2. The lowest BCUT2D eigenvalue weighted by Crippen LogP contribution is -2.16. The van der Waals surface area contributed by atoms with Crippen molar-refractivity contribution in [2.75, 3.05) is 26.4 Å². The van der Waals surface area contributed by atoms with Gasteiger partial charge in [-0.3, -0.25) is 4.79 Å². The SMILES string of the molecule is CCOSP(=O)(Oc1nc(C(C)C(=O)OCC)c(C(=O)OCC)s1)SOCC. The number of hydrogen-bond acceptors (Lipinski definition) is 12. The van der Waals surface area contributed by atoms with Gasteiger partial charge in [0.1, 0.15) is 28.2 Å². The van der Waals surface area contributed by atoms with Crippen LogP contribution in [-0.2, 0) is 27.2 Å². The van der Waals surface area contributed by atoms with Crippen LogP contribution in [0.25, 0.3) is 0 Å². The van der Waals surface area contributed by atoms with Crippen LogP contribution in [0, 0.1) is 0 Å². The quantitative estimate of drug-likeness (QED) is 0.223. The standard InChI is InChI=1S/C15H24NO8PS3/c1-6-20-13(17)10(5)11-12(14(18)21-7-2)26-15(16-11)24-25(19,27-22-8-3)28-23-9-4/h10H,6-9H2,1-5H3. The van der Waals surface area contributed by atoms with Crippen molar-refractivity contribution in [1.82, 2.24) is 4.98 Å². The second kappa shape index (κ2) is 12.7. The lowest BCUT2D eigenvalue weighted by molar-refractivity contribution is -0.144. The molecule has 0 N–H and O–H groups in total. The van der Waals surface area contributed by atoms with Crippen LogP contribution >= 0.6 is 40.4 Å². The van der Waals surface area contributed by atoms with Gasteiger partial charge in [-0.1, -0.05) is 11.3 Å². The van der Waals surface area contributed by atoms with Crippen LogP contribution in [0.15, 0.2) is 0 Å². The number of esters is 2. The molecule has 13 heteroatoms. The molecule has 0 saturated heterocycles. The summed E-state index contributed by atoms with van der Waals surface area (Å²) in [5.74, 6) is -5.54. The summed E-state index contributed by atoms with van der Waals surface area (Å²) < 4.78 is 38.8. The summed E-state index contributed by atoms with van der Waals surface area (Å²) >= 11 is 2.13. The van der Waals surface area contributed by atoms with E-state index in [-0.39, 0.29) is 29.0 Å². The highest BCUT2D eigenvalue weighted by atomic mass is 33.1. The first-order valence-electron chi connectivity index (χ1n) is 8.58. The molecule has 1 atom stereocenters. The van der Waals surface area contributed by atoms with Gasteiger partial charge in [-0.2, -0.15) is 0 Å². The molecule has 9 nitrogen and oxygen atoms in total. The van der Waals surface area contributed by atoms with Gasteiger partial charge in [0.25, 0.3) is 5.19 Å². The molecular weight excluding hydrogens is 449 g/mol. The van der Waals surface area contributed by atoms with E-state index in [1.165, 1.54) is 0 Å². The van der Waals surface area contributed by atoms with E-state index in [1.807, 2.05) is 0 Å². The third-order valence-electron chi connectivity index (χ3n) is 2.86. The minimum absolute atomic E-state index is 0.0584. The van der Waals surface area contributed by atoms with Crippen molar-refractivity contribution in [3.63, 3.8) is 0 Å². The van der Waals surface area contributed by atoms with E-state index in [1.54, 1.807) is 34.6 Å². The third kappa shape index (κ3) is 7.57. The van der Waals surface area contributed by atoms with E-state index in [0.717, 1.165) is 11.3 Å². The molecule has 0 saturated carbocycles. The Balaban J connectivity index is 3.20. The van der Waals surface area contributed by atoms with Crippen molar-refractivity contribution in [2.45, 2.75) is 40.5 Å². The lowest BCUT2D eigenvalue weighted by Gasteiger charge is -2.13. The number of aromatic nitrogens is 1. The van der Waals surface area contributed by atoms with Gasteiger partial charge in [0.15, 0.2) is 0 Å². The average molecular weight is 474 g/mol. The molecule has 0 amide bonds. The second-order valence-corrected chi connectivity index (χ2v) is 12.2. The smallest absolute Gasteiger partial charge is 0.413 e. The molecule has 1 unspecified atom stereocenters. The van der Waals surface area contributed by atoms with E-state index in [0.29, 0.717) is 36.5 Å². The first-order chi connectivity index (χ1) is 13.3. The summed E-state index contributed by atoms with van der Waals surface area (Å²) in [5, 5.41) is -0.0584. The predicted octanol–water partition coefficient (Wildman–Crippen LogP) is 4.84. The first kappa shape index (κ1) is 25.3. The molecule has 1 aromatic heterocycles. The average Bonchev–Trinajstić information content (AvgIpc) is 3.08. The Kier molecular flexibility index (Phi) is 11.5. The molecule has 0 aliphatic rings. The molecule has 0 spiro atoms. The molecule has 28 heavy (non-hydrogen) atoms. The molecule has 1 aromatic rings. The van der Waals surface area contributed by atoms with Crippen molar-refractivity contribution in [2.24, 2.45) is 0 Å². The molecule has 0 aromatic carbocycles. The van der Waals surface area contributed by atoms with Gasteiger partial charge in [0.2, 0.25) is 0 Å². The van der Waals surface area contributed by atoms with Gasteiger partial charge < -0.3 is 22.4 Å². The zero-order valence-corrected chi connectivity index (χ0v) is 19.6. The van der Waals surface area contributed by atoms with Crippen molar-refractivity contribution < 1.29 is 36.5 Å². The fourth-order valence-electron chi connectivity index (χ4n) is 1.74. The number of thiazole rings is 1. The Hall–Kier alpha value is -0.780. The molecular formula is C15H24NO8PS3. The molecule has 0 aliphatic heterocycles. The fraction of sp³-hybridized carbons (Fsp3) is 0.667. The largest absolute Gasteiger partial charge is 0.465 e. The van der Waals surface area contributed by atoms with Crippen molar-refractivity contribution in [3.05, 3.63) is 10.6 Å². The number of carbonyl (C=O) groups excluding carboxylic acids is 2. The van der Waals surface area contributed by atoms with Crippen LogP contribution in [0.3, 0.4) is 0 Å². The van der Waals surface area contributed by atoms with Gasteiger partial charge >= 0.3 is 17.7 Å². The summed E-state index contributed by atoms with van der Waals surface area (Å²) in [6.07, 6.45) is 0. The van der Waals surface area contributed by atoms with Crippen LogP contribution in [0.5, 0.6) is 5.19 Å². The fourth-order valence-corrected chi connectivity index (χ4v) is 7.15. The highest BCUT2D eigenvalue weighted by Gasteiger charge is 2.34. The van der Waals surface area contributed by atoms with Gasteiger partial charge in [-0.15, -0.1) is 0 Å². The zero-order valence-electron chi connectivity index (χ0n) is 16.3. The predicted molar refractivity (Wildman–Crippen MR) is 110 cm³/mol. The summed E-state index contributed by atoms with van der Waals surface area (Å²) in [5.41, 5.74) is 0.145. The van der Waals surface area contributed by atoms with E-state index in [9.17, 15) is 14.2 Å². The molecule has 0 bridgehead atoms. The minimum atomic E-state index is -3.52. The van der Waals surface area contributed by atoms with Crippen LogP contribution in [0.1, 0.15) is 55.9 Å². The Morgan fingerprint density at radius 2 is 1.61 bits per heavy atom. The van der Waals surface area contributed by atoms with Crippen molar-refractivity contribution in [3.8, 4) is 5.19 Å². The maximum atomic E-state index is 12.9. The zero-order chi connectivity index (χ0) is 21.2. The molecule has 1 rings (SSSR count). The molecule has 1 heterocycles. The van der Waals surface area contributed by atoms with Gasteiger partial charge in [0, 0.05) is 0 Å². The molecule has 0 fully saturated rings. The number of nitrogens with zero attached hydrogens (tertiary/aromatic N) is 1. The maximum Gasteiger partial charge on any atom is 0.413 e. The maximum absolute atomic E-state index is 12.9. The van der Waals surface area contributed by atoms with Crippen molar-refractivity contribution >= 4 is 52.4 Å². The second-order valence-electron chi connectivity index (χ2n) is 4.89. The number of rotatable bonds is 13. The molecule has 0 radical (unpaired) electrons. The Bertz CT molecular complexity index is 687. The Morgan fingerprint density at radius 1 is 1.04 bits per heavy atom. The van der Waals surface area contributed by atoms with Gasteiger partial charge in [-0.25, -0.2) is 14.3 Å². The summed E-state index contributed by atoms with van der Waals surface area (Å²) in [6, 6.07) is 0. The lowest BCUT2D eigenvalue weighted by atomic mass is 10.1. The number of carbonyl (C=O) groups is 2. The van der Waals surface area contributed by atoms with Crippen LogP contribution in [0.4, 0.5) is 0 Å². The highest BCUT2D eigenvalue weighted by molar-refractivity contribution is 8.87. The topological polar surface area (TPSA) is 110 Å². The highest BCUT2D eigenvalue weighted by Crippen LogP contribution is 2.70. The van der Waals surface area contributed by atoms with E-state index >= 15 is 0 Å². The van der Waals surface area contributed by atoms with Crippen LogP contribution in [0.2, 0.25) is 0 Å². The Morgan fingerprint density at radius 3 is 2.11 bits per heavy atom. The van der Waals surface area contributed by atoms with Crippen LogP contribution < -0.4 is 4.52 Å². The third-order valence-corrected chi connectivity index (χ3v) is 8.63. The first-order valence-corrected chi connectivity index (χ1v) is 13.7. The van der Waals surface area contributed by atoms with E-state index in [4.69, 9.17) is 22.4 Å². The van der Waals surface area contributed by atoms with Gasteiger partial charge in [-0.05, 0) is 34.6 Å². The van der Waals surface area contributed by atoms with Crippen molar-refractivity contribution in [1.29, 1.82) is 0 Å². The monoisotopic (exact) mass is 473 g/mol. The van der Waals surface area contributed by atoms with Crippen LogP contribution in [-0.4, -0.2) is 43.4 Å². The van der Waals surface area contributed by atoms with Gasteiger partial charge in [0.05, 0.1) is 38.0 Å². The molecule has 160 valence electrons. The molecule has 0 aliphatic carbocycles. The Labute approximate surface area is 176 Å². The minimum Gasteiger partial charge on any atom is -0.465 e. The van der Waals surface area contributed by atoms with E-state index < -0.39 is 23.6 Å². The summed E-state index contributed by atoms with van der Waals surface area (Å²) in [4.78, 5) is 28.7. The number of hydrogen-bond donors (Lipinski definition) is 0. The summed E-state index contributed by atoms with van der Waals surface area (Å²) in [6.45, 7) is 9.34. The summed E-state index contributed by atoms with van der Waals surface area (Å²) in [7, 11) is 0. The normalized spacial score (nSPS) is 12.5. The van der Waals surface area contributed by atoms with E-state index in [2.05, 4.69) is 4.98 Å².